The fourth-order valence-corrected chi connectivity index (χ4v) is 3.08. The van der Waals surface area contributed by atoms with Gasteiger partial charge in [0.1, 0.15) is 19.3 Å². The van der Waals surface area contributed by atoms with Crippen LogP contribution in [0.3, 0.4) is 0 Å². The number of benzene rings is 2. The Kier molecular flexibility index (Phi) is 4.18. The molecule has 6 heteroatoms. The van der Waals surface area contributed by atoms with Crippen LogP contribution in [-0.2, 0) is 0 Å². The van der Waals surface area contributed by atoms with E-state index in [4.69, 9.17) is 44.3 Å². The van der Waals surface area contributed by atoms with Crippen LogP contribution in [-0.4, -0.2) is 18.3 Å². The molecule has 0 saturated heterocycles. The van der Waals surface area contributed by atoms with Crippen molar-refractivity contribution in [1.82, 2.24) is 0 Å². The highest BCUT2D eigenvalue weighted by atomic mass is 35.5. The maximum absolute atomic E-state index is 10.6. The summed E-state index contributed by atoms with van der Waals surface area (Å²) >= 11 is 18.5. The number of halogens is 3. The van der Waals surface area contributed by atoms with Gasteiger partial charge in [-0.2, -0.15) is 0 Å². The zero-order valence-electron chi connectivity index (χ0n) is 10.8. The number of aliphatic hydroxyl groups excluding tert-OH is 1. The zero-order valence-corrected chi connectivity index (χ0v) is 13.0. The molecule has 3 rings (SSSR count). The van der Waals surface area contributed by atoms with Gasteiger partial charge in [-0.1, -0.05) is 40.9 Å². The number of aliphatic hydroxyl groups is 1. The fourth-order valence-electron chi connectivity index (χ4n) is 2.22. The van der Waals surface area contributed by atoms with Crippen molar-refractivity contribution in [3.63, 3.8) is 0 Å². The molecule has 0 amide bonds. The molecule has 0 spiro atoms. The van der Waals surface area contributed by atoms with E-state index in [1.54, 1.807) is 30.3 Å². The molecule has 2 aromatic carbocycles. The van der Waals surface area contributed by atoms with Crippen LogP contribution in [0, 0.1) is 0 Å². The van der Waals surface area contributed by atoms with E-state index in [0.29, 0.717) is 50.9 Å². The third kappa shape index (κ3) is 2.79. The Morgan fingerprint density at radius 3 is 2.10 bits per heavy atom. The van der Waals surface area contributed by atoms with Crippen molar-refractivity contribution in [3.8, 4) is 11.5 Å². The van der Waals surface area contributed by atoms with E-state index in [9.17, 15) is 5.11 Å². The molecule has 1 heterocycles. The summed E-state index contributed by atoms with van der Waals surface area (Å²) < 4.78 is 11.0. The molecule has 1 unspecified atom stereocenters. The van der Waals surface area contributed by atoms with Gasteiger partial charge in [0, 0.05) is 27.2 Å². The van der Waals surface area contributed by atoms with Gasteiger partial charge in [0.05, 0.1) is 5.02 Å². The minimum atomic E-state index is -1.05. The molecule has 2 aromatic rings. The standard InChI is InChI=1S/C15H11Cl3O3/c16-9-2-1-3-10(17)14(9)15(19)8-6-12-13(7-11(8)18)21-5-4-20-12/h1-3,6-7,15,19H,4-5H2. The second-order valence-corrected chi connectivity index (χ2v) is 5.78. The van der Waals surface area contributed by atoms with E-state index in [1.165, 1.54) is 0 Å². The van der Waals surface area contributed by atoms with Crippen molar-refractivity contribution in [2.75, 3.05) is 13.2 Å². The summed E-state index contributed by atoms with van der Waals surface area (Å²) in [6.45, 7) is 0.929. The quantitative estimate of drug-likeness (QED) is 0.871. The highest BCUT2D eigenvalue weighted by Crippen LogP contribution is 2.42. The average molecular weight is 346 g/mol. The minimum absolute atomic E-state index is 0.364. The second kappa shape index (κ2) is 5.93. The summed E-state index contributed by atoms with van der Waals surface area (Å²) in [6, 6.07) is 8.32. The molecule has 110 valence electrons. The van der Waals surface area contributed by atoms with Crippen molar-refractivity contribution in [1.29, 1.82) is 0 Å². The molecule has 1 aliphatic rings. The fraction of sp³-hybridized carbons (Fsp3) is 0.200. The van der Waals surface area contributed by atoms with E-state index in [1.807, 2.05) is 0 Å². The Hall–Kier alpha value is -1.13. The van der Waals surface area contributed by atoms with Gasteiger partial charge in [-0.3, -0.25) is 0 Å². The normalized spacial score (nSPS) is 14.9. The van der Waals surface area contributed by atoms with E-state index in [-0.39, 0.29) is 0 Å². The highest BCUT2D eigenvalue weighted by molar-refractivity contribution is 6.36. The SMILES string of the molecule is OC(c1cc2c(cc1Cl)OCCO2)c1c(Cl)cccc1Cl. The van der Waals surface area contributed by atoms with Crippen molar-refractivity contribution in [2.24, 2.45) is 0 Å². The molecule has 1 atom stereocenters. The summed E-state index contributed by atoms with van der Waals surface area (Å²) in [5.74, 6) is 1.11. The first-order valence-corrected chi connectivity index (χ1v) is 7.42. The van der Waals surface area contributed by atoms with Gasteiger partial charge in [0.2, 0.25) is 0 Å². The Balaban J connectivity index is 2.07. The largest absolute Gasteiger partial charge is 0.486 e. The van der Waals surface area contributed by atoms with Gasteiger partial charge < -0.3 is 14.6 Å². The van der Waals surface area contributed by atoms with Crippen LogP contribution in [0.2, 0.25) is 15.1 Å². The second-order valence-electron chi connectivity index (χ2n) is 4.56. The Bertz CT molecular complexity index is 668. The smallest absolute Gasteiger partial charge is 0.162 e. The number of ether oxygens (including phenoxy) is 2. The van der Waals surface area contributed by atoms with E-state index < -0.39 is 6.10 Å². The monoisotopic (exact) mass is 344 g/mol. The third-order valence-corrected chi connectivity index (χ3v) is 4.22. The molecule has 21 heavy (non-hydrogen) atoms. The van der Waals surface area contributed by atoms with Gasteiger partial charge in [-0.15, -0.1) is 0 Å². The van der Waals surface area contributed by atoms with Crippen molar-refractivity contribution in [3.05, 3.63) is 56.5 Å². The minimum Gasteiger partial charge on any atom is -0.486 e. The predicted molar refractivity (Wildman–Crippen MR) is 83.0 cm³/mol. The lowest BCUT2D eigenvalue weighted by Crippen LogP contribution is -2.16. The van der Waals surface area contributed by atoms with Gasteiger partial charge in [-0.05, 0) is 18.2 Å². The Morgan fingerprint density at radius 1 is 0.905 bits per heavy atom. The lowest BCUT2D eigenvalue weighted by molar-refractivity contribution is 0.169. The first-order valence-electron chi connectivity index (χ1n) is 6.29. The first-order chi connectivity index (χ1) is 10.1. The van der Waals surface area contributed by atoms with Crippen LogP contribution >= 0.6 is 34.8 Å². The zero-order chi connectivity index (χ0) is 15.0. The molecule has 0 aliphatic carbocycles. The molecule has 0 fully saturated rings. The molecule has 0 saturated carbocycles. The average Bonchev–Trinajstić information content (AvgIpc) is 2.46. The van der Waals surface area contributed by atoms with Crippen LogP contribution in [0.1, 0.15) is 17.2 Å². The summed E-state index contributed by atoms with van der Waals surface area (Å²) in [4.78, 5) is 0. The van der Waals surface area contributed by atoms with Gasteiger partial charge in [0.25, 0.3) is 0 Å². The molecule has 0 radical (unpaired) electrons. The summed E-state index contributed by atoms with van der Waals surface area (Å²) in [7, 11) is 0. The van der Waals surface area contributed by atoms with Crippen LogP contribution in [0.4, 0.5) is 0 Å². The molecule has 0 aromatic heterocycles. The lowest BCUT2D eigenvalue weighted by atomic mass is 10.0. The Labute approximate surface area is 137 Å². The van der Waals surface area contributed by atoms with Crippen LogP contribution in [0.5, 0.6) is 11.5 Å². The van der Waals surface area contributed by atoms with Crippen molar-refractivity contribution in [2.45, 2.75) is 6.10 Å². The first kappa shape index (κ1) is 14.8. The van der Waals surface area contributed by atoms with Gasteiger partial charge in [-0.25, -0.2) is 0 Å². The lowest BCUT2D eigenvalue weighted by Gasteiger charge is -2.22. The molecular weight excluding hydrogens is 335 g/mol. The molecular formula is C15H11Cl3O3. The van der Waals surface area contributed by atoms with E-state index in [0.717, 1.165) is 0 Å². The topological polar surface area (TPSA) is 38.7 Å². The van der Waals surface area contributed by atoms with Gasteiger partial charge in [0.15, 0.2) is 11.5 Å². The predicted octanol–water partition coefficient (Wildman–Crippen LogP) is 4.50. The summed E-state index contributed by atoms with van der Waals surface area (Å²) in [5.41, 5.74) is 0.885. The highest BCUT2D eigenvalue weighted by Gasteiger charge is 2.23. The third-order valence-electron chi connectivity index (χ3n) is 3.23. The summed E-state index contributed by atoms with van der Waals surface area (Å²) in [5, 5.41) is 11.7. The van der Waals surface area contributed by atoms with E-state index >= 15 is 0 Å². The molecule has 1 aliphatic heterocycles. The number of fused-ring (bicyclic) bond motifs is 1. The van der Waals surface area contributed by atoms with Crippen LogP contribution < -0.4 is 9.47 Å². The van der Waals surface area contributed by atoms with Crippen molar-refractivity contribution >= 4 is 34.8 Å². The van der Waals surface area contributed by atoms with E-state index in [2.05, 4.69) is 0 Å². The summed E-state index contributed by atoms with van der Waals surface area (Å²) in [6.07, 6.45) is -1.05. The number of hydrogen-bond acceptors (Lipinski definition) is 3. The maximum atomic E-state index is 10.6. The molecule has 3 nitrogen and oxygen atoms in total. The van der Waals surface area contributed by atoms with Crippen molar-refractivity contribution < 1.29 is 14.6 Å². The number of hydrogen-bond donors (Lipinski definition) is 1. The maximum Gasteiger partial charge on any atom is 0.162 e. The Morgan fingerprint density at radius 2 is 1.48 bits per heavy atom. The van der Waals surface area contributed by atoms with Gasteiger partial charge >= 0.3 is 0 Å². The number of rotatable bonds is 2. The molecule has 0 bridgehead atoms. The molecule has 1 N–H and O–H groups in total. The van der Waals surface area contributed by atoms with Crippen LogP contribution in [0.25, 0.3) is 0 Å². The van der Waals surface area contributed by atoms with Crippen LogP contribution in [0.15, 0.2) is 30.3 Å².